The van der Waals surface area contributed by atoms with Gasteiger partial charge in [0.05, 0.1) is 0 Å². The summed E-state index contributed by atoms with van der Waals surface area (Å²) in [5.74, 6) is -1.06. The van der Waals surface area contributed by atoms with Crippen molar-refractivity contribution in [2.24, 2.45) is 0 Å². The molecule has 0 heterocycles. The van der Waals surface area contributed by atoms with E-state index in [4.69, 9.17) is 16.3 Å². The Kier molecular flexibility index (Phi) is 6.23. The number of halogens is 1. The SMILES string of the molecule is CN(C(=O)OC(C)(C)C)[C@@H](CCc1cccc(Cl)c1)C(=O)O. The number of likely N-dealkylation sites (N-methyl/N-ethyl adjacent to an activating group) is 1. The van der Waals surface area contributed by atoms with E-state index in [1.54, 1.807) is 32.9 Å². The van der Waals surface area contributed by atoms with E-state index in [2.05, 4.69) is 0 Å². The predicted octanol–water partition coefficient (Wildman–Crippen LogP) is 3.59. The maximum atomic E-state index is 12.0. The van der Waals surface area contributed by atoms with Crippen LogP contribution in [0, 0.1) is 0 Å². The first kappa shape index (κ1) is 18.3. The number of ether oxygens (including phenoxy) is 1. The molecule has 0 aliphatic carbocycles. The molecule has 22 heavy (non-hydrogen) atoms. The van der Waals surface area contributed by atoms with Gasteiger partial charge in [-0.1, -0.05) is 23.7 Å². The number of amides is 1. The number of aliphatic carboxylic acids is 1. The van der Waals surface area contributed by atoms with Crippen molar-refractivity contribution in [3.8, 4) is 0 Å². The van der Waals surface area contributed by atoms with Crippen LogP contribution in [0.3, 0.4) is 0 Å². The maximum Gasteiger partial charge on any atom is 0.410 e. The number of hydrogen-bond acceptors (Lipinski definition) is 3. The highest BCUT2D eigenvalue weighted by atomic mass is 35.5. The smallest absolute Gasteiger partial charge is 0.410 e. The Hall–Kier alpha value is -1.75. The minimum absolute atomic E-state index is 0.283. The van der Waals surface area contributed by atoms with Gasteiger partial charge in [0, 0.05) is 12.1 Å². The highest BCUT2D eigenvalue weighted by molar-refractivity contribution is 6.30. The predicted molar refractivity (Wildman–Crippen MR) is 85.2 cm³/mol. The van der Waals surface area contributed by atoms with Crippen molar-refractivity contribution in [3.05, 3.63) is 34.9 Å². The Morgan fingerprint density at radius 3 is 2.50 bits per heavy atom. The third-order valence-corrected chi connectivity index (χ3v) is 3.26. The molecule has 1 atom stereocenters. The van der Waals surface area contributed by atoms with Gasteiger partial charge < -0.3 is 9.84 Å². The Balaban J connectivity index is 2.73. The summed E-state index contributed by atoms with van der Waals surface area (Å²) >= 11 is 5.91. The summed E-state index contributed by atoms with van der Waals surface area (Å²) in [5.41, 5.74) is 0.262. The van der Waals surface area contributed by atoms with Gasteiger partial charge in [0.2, 0.25) is 0 Å². The largest absolute Gasteiger partial charge is 0.480 e. The number of carbonyl (C=O) groups is 2. The second-order valence-electron chi connectivity index (χ2n) is 6.11. The van der Waals surface area contributed by atoms with Crippen LogP contribution in [0.5, 0.6) is 0 Å². The molecule has 0 spiro atoms. The number of benzene rings is 1. The van der Waals surface area contributed by atoms with Crippen LogP contribution >= 0.6 is 11.6 Å². The summed E-state index contributed by atoms with van der Waals surface area (Å²) in [6, 6.07) is 6.28. The van der Waals surface area contributed by atoms with Crippen molar-refractivity contribution in [2.45, 2.75) is 45.3 Å². The molecule has 1 aromatic carbocycles. The van der Waals surface area contributed by atoms with Gasteiger partial charge in [-0.15, -0.1) is 0 Å². The van der Waals surface area contributed by atoms with Gasteiger partial charge >= 0.3 is 12.1 Å². The van der Waals surface area contributed by atoms with Crippen LogP contribution in [-0.2, 0) is 16.0 Å². The van der Waals surface area contributed by atoms with Crippen molar-refractivity contribution < 1.29 is 19.4 Å². The molecule has 1 aromatic rings. The summed E-state index contributed by atoms with van der Waals surface area (Å²) in [4.78, 5) is 24.5. The Morgan fingerprint density at radius 2 is 2.00 bits per heavy atom. The van der Waals surface area contributed by atoms with Crippen molar-refractivity contribution in [3.63, 3.8) is 0 Å². The standard InChI is InChI=1S/C16H22ClNO4/c1-16(2,3)22-15(21)18(4)13(14(19)20)9-8-11-6-5-7-12(17)10-11/h5-7,10,13H,8-9H2,1-4H3,(H,19,20)/t13-/m0/s1. The number of carboxylic acids is 1. The summed E-state index contributed by atoms with van der Waals surface area (Å²) in [6.07, 6.45) is 0.141. The van der Waals surface area contributed by atoms with E-state index in [1.807, 2.05) is 12.1 Å². The van der Waals surface area contributed by atoms with E-state index in [-0.39, 0.29) is 6.42 Å². The molecular formula is C16H22ClNO4. The van der Waals surface area contributed by atoms with Gasteiger partial charge in [-0.2, -0.15) is 0 Å². The number of nitrogens with zero attached hydrogens (tertiary/aromatic N) is 1. The first-order chi connectivity index (χ1) is 10.1. The summed E-state index contributed by atoms with van der Waals surface area (Å²) in [5, 5.41) is 9.95. The van der Waals surface area contributed by atoms with E-state index < -0.39 is 23.7 Å². The lowest BCUT2D eigenvalue weighted by Gasteiger charge is -2.28. The molecule has 0 bridgehead atoms. The second kappa shape index (κ2) is 7.49. The normalized spacial score (nSPS) is 12.6. The lowest BCUT2D eigenvalue weighted by atomic mass is 10.0. The molecule has 0 aliphatic heterocycles. The van der Waals surface area contributed by atoms with Crippen molar-refractivity contribution in [1.29, 1.82) is 0 Å². The van der Waals surface area contributed by atoms with Crippen LogP contribution < -0.4 is 0 Å². The summed E-state index contributed by atoms with van der Waals surface area (Å²) in [7, 11) is 1.44. The topological polar surface area (TPSA) is 66.8 Å². The first-order valence-corrected chi connectivity index (χ1v) is 7.41. The fraction of sp³-hybridized carbons (Fsp3) is 0.500. The van der Waals surface area contributed by atoms with Crippen LogP contribution in [0.1, 0.15) is 32.8 Å². The van der Waals surface area contributed by atoms with Gasteiger partial charge in [-0.05, 0) is 51.3 Å². The Bertz CT molecular complexity index is 539. The third-order valence-electron chi connectivity index (χ3n) is 3.03. The Morgan fingerprint density at radius 1 is 1.36 bits per heavy atom. The third kappa shape index (κ3) is 5.93. The summed E-state index contributed by atoms with van der Waals surface area (Å²) in [6.45, 7) is 5.21. The van der Waals surface area contributed by atoms with E-state index in [0.29, 0.717) is 11.4 Å². The average molecular weight is 328 g/mol. The molecule has 1 amide bonds. The molecule has 0 radical (unpaired) electrons. The molecular weight excluding hydrogens is 306 g/mol. The molecule has 0 unspecified atom stereocenters. The lowest BCUT2D eigenvalue weighted by molar-refractivity contribution is -0.142. The van der Waals surface area contributed by atoms with Gasteiger partial charge in [-0.3, -0.25) is 4.90 Å². The van der Waals surface area contributed by atoms with Gasteiger partial charge in [0.1, 0.15) is 11.6 Å². The molecule has 1 rings (SSSR count). The average Bonchev–Trinajstić information content (AvgIpc) is 2.36. The number of rotatable bonds is 5. The zero-order chi connectivity index (χ0) is 16.9. The fourth-order valence-corrected chi connectivity index (χ4v) is 2.15. The minimum atomic E-state index is -1.06. The molecule has 1 N–H and O–H groups in total. The zero-order valence-electron chi connectivity index (χ0n) is 13.3. The molecule has 0 saturated carbocycles. The first-order valence-electron chi connectivity index (χ1n) is 7.03. The van der Waals surface area contributed by atoms with Crippen molar-refractivity contribution in [1.82, 2.24) is 4.90 Å². The number of carboxylic acid groups (broad SMARTS) is 1. The van der Waals surface area contributed by atoms with Gasteiger partial charge in [-0.25, -0.2) is 9.59 Å². The number of carbonyl (C=O) groups excluding carboxylic acids is 1. The van der Waals surface area contributed by atoms with Gasteiger partial charge in [0.25, 0.3) is 0 Å². The lowest BCUT2D eigenvalue weighted by Crippen LogP contribution is -2.45. The van der Waals surface area contributed by atoms with Crippen LogP contribution in [0.15, 0.2) is 24.3 Å². The molecule has 0 saturated heterocycles. The maximum absolute atomic E-state index is 12.0. The summed E-state index contributed by atoms with van der Waals surface area (Å²) < 4.78 is 5.20. The minimum Gasteiger partial charge on any atom is -0.480 e. The van der Waals surface area contributed by atoms with E-state index >= 15 is 0 Å². The molecule has 122 valence electrons. The molecule has 5 nitrogen and oxygen atoms in total. The molecule has 6 heteroatoms. The van der Waals surface area contributed by atoms with Crippen LogP contribution in [0.2, 0.25) is 5.02 Å². The number of hydrogen-bond donors (Lipinski definition) is 1. The molecule has 0 aromatic heterocycles. The highest BCUT2D eigenvalue weighted by Crippen LogP contribution is 2.16. The van der Waals surface area contributed by atoms with E-state index in [1.165, 1.54) is 7.05 Å². The van der Waals surface area contributed by atoms with Crippen LogP contribution in [0.4, 0.5) is 4.79 Å². The number of aryl methyl sites for hydroxylation is 1. The van der Waals surface area contributed by atoms with Crippen molar-refractivity contribution in [2.75, 3.05) is 7.05 Å². The van der Waals surface area contributed by atoms with E-state index in [0.717, 1.165) is 10.5 Å². The van der Waals surface area contributed by atoms with Gasteiger partial charge in [0.15, 0.2) is 0 Å². The monoisotopic (exact) mass is 327 g/mol. The molecule has 0 fully saturated rings. The van der Waals surface area contributed by atoms with Crippen LogP contribution in [0.25, 0.3) is 0 Å². The second-order valence-corrected chi connectivity index (χ2v) is 6.55. The highest BCUT2D eigenvalue weighted by Gasteiger charge is 2.29. The zero-order valence-corrected chi connectivity index (χ0v) is 14.1. The quantitative estimate of drug-likeness (QED) is 0.897. The van der Waals surface area contributed by atoms with E-state index in [9.17, 15) is 14.7 Å². The van der Waals surface area contributed by atoms with Crippen LogP contribution in [-0.4, -0.2) is 40.8 Å². The Labute approximate surface area is 135 Å². The fourth-order valence-electron chi connectivity index (χ4n) is 1.94. The molecule has 0 aliphatic rings. The van der Waals surface area contributed by atoms with Crippen molar-refractivity contribution >= 4 is 23.7 Å².